The van der Waals surface area contributed by atoms with Gasteiger partial charge in [-0.25, -0.2) is 0 Å². The number of nitriles is 1. The molecule has 1 aromatic rings. The molecule has 4 nitrogen and oxygen atoms in total. The maximum atomic E-state index is 10.2. The molecule has 0 bridgehead atoms. The zero-order valence-electron chi connectivity index (χ0n) is 10.2. The average molecular weight is 232 g/mol. The van der Waals surface area contributed by atoms with E-state index in [1.54, 1.807) is 25.2 Å². The summed E-state index contributed by atoms with van der Waals surface area (Å²) in [5.74, 6) is 0.721. The first-order chi connectivity index (χ1) is 7.99. The maximum absolute atomic E-state index is 10.2. The summed E-state index contributed by atoms with van der Waals surface area (Å²) in [5, 5.41) is 22.2. The lowest BCUT2D eigenvalue weighted by Crippen LogP contribution is -2.51. The predicted octanol–water partition coefficient (Wildman–Crippen LogP) is 1.35. The summed E-state index contributed by atoms with van der Waals surface area (Å²) in [6.45, 7) is 3.70. The number of likely N-dealkylation sites (N-methyl/N-ethyl adjacent to an activating group) is 1. The van der Waals surface area contributed by atoms with Crippen LogP contribution in [0.15, 0.2) is 18.2 Å². The Morgan fingerprint density at radius 3 is 2.76 bits per heavy atom. The summed E-state index contributed by atoms with van der Waals surface area (Å²) in [6, 6.07) is 7.14. The van der Waals surface area contributed by atoms with E-state index in [4.69, 9.17) is 10.00 Å². The topological polar surface area (TPSA) is 65.3 Å². The van der Waals surface area contributed by atoms with Crippen LogP contribution < -0.4 is 10.1 Å². The van der Waals surface area contributed by atoms with Crippen molar-refractivity contribution in [2.45, 2.75) is 31.6 Å². The highest BCUT2D eigenvalue weighted by Gasteiger charge is 2.42. The van der Waals surface area contributed by atoms with E-state index in [-0.39, 0.29) is 6.04 Å². The molecule has 1 aliphatic rings. The number of rotatable bonds is 1. The molecular formula is C13H16N2O2. The van der Waals surface area contributed by atoms with Crippen LogP contribution in [0, 0.1) is 11.3 Å². The molecule has 2 rings (SSSR count). The highest BCUT2D eigenvalue weighted by Crippen LogP contribution is 2.39. The lowest BCUT2D eigenvalue weighted by atomic mass is 9.86. The molecule has 90 valence electrons. The third kappa shape index (κ3) is 1.88. The van der Waals surface area contributed by atoms with Crippen molar-refractivity contribution in [2.24, 2.45) is 0 Å². The lowest BCUT2D eigenvalue weighted by molar-refractivity contribution is -0.0631. The zero-order chi connectivity index (χ0) is 12.6. The number of hydrogen-bond donors (Lipinski definition) is 2. The van der Waals surface area contributed by atoms with E-state index in [9.17, 15) is 5.11 Å². The van der Waals surface area contributed by atoms with Crippen LogP contribution in [-0.2, 0) is 0 Å². The molecule has 1 heterocycles. The Labute approximate surface area is 101 Å². The van der Waals surface area contributed by atoms with Gasteiger partial charge in [0.2, 0.25) is 0 Å². The molecule has 4 heteroatoms. The highest BCUT2D eigenvalue weighted by molar-refractivity contribution is 5.46. The Morgan fingerprint density at radius 1 is 1.47 bits per heavy atom. The molecule has 1 aromatic carbocycles. The number of ether oxygens (including phenoxy) is 1. The van der Waals surface area contributed by atoms with Crippen LogP contribution in [0.25, 0.3) is 0 Å². The van der Waals surface area contributed by atoms with Crippen LogP contribution in [0.3, 0.4) is 0 Å². The molecule has 0 saturated carbocycles. The molecule has 2 N–H and O–H groups in total. The Bertz CT molecular complexity index is 477. The first-order valence-electron chi connectivity index (χ1n) is 5.58. The van der Waals surface area contributed by atoms with Crippen molar-refractivity contribution < 1.29 is 9.84 Å². The third-order valence-electron chi connectivity index (χ3n) is 3.19. The Balaban J connectivity index is 2.53. The number of hydrogen-bond acceptors (Lipinski definition) is 4. The Hall–Kier alpha value is -1.57. The second-order valence-corrected chi connectivity index (χ2v) is 4.78. The van der Waals surface area contributed by atoms with Crippen molar-refractivity contribution in [3.8, 4) is 11.8 Å². The van der Waals surface area contributed by atoms with Crippen molar-refractivity contribution in [3.05, 3.63) is 29.3 Å². The second-order valence-electron chi connectivity index (χ2n) is 4.78. The number of nitrogens with zero attached hydrogens (tertiary/aromatic N) is 1. The third-order valence-corrected chi connectivity index (χ3v) is 3.19. The summed E-state index contributed by atoms with van der Waals surface area (Å²) in [6.07, 6.45) is -0.658. The van der Waals surface area contributed by atoms with Gasteiger partial charge < -0.3 is 15.2 Å². The number of benzene rings is 1. The van der Waals surface area contributed by atoms with Crippen molar-refractivity contribution in [1.29, 1.82) is 5.26 Å². The fourth-order valence-electron chi connectivity index (χ4n) is 2.18. The normalized spacial score (nSPS) is 25.6. The molecule has 0 amide bonds. The van der Waals surface area contributed by atoms with Gasteiger partial charge in [-0.05, 0) is 39.1 Å². The van der Waals surface area contributed by atoms with Gasteiger partial charge >= 0.3 is 0 Å². The standard InChI is InChI=1S/C13H16N2O2/c1-13(2)12(16)11(15-3)9-6-8(7-14)4-5-10(9)17-13/h4-6,11-12,15-16H,1-3H3/t11-,12+/m0/s1. The van der Waals surface area contributed by atoms with E-state index in [1.165, 1.54) is 0 Å². The van der Waals surface area contributed by atoms with Crippen molar-refractivity contribution in [3.63, 3.8) is 0 Å². The van der Waals surface area contributed by atoms with Crippen molar-refractivity contribution >= 4 is 0 Å². The summed E-state index contributed by atoms with van der Waals surface area (Å²) >= 11 is 0. The highest BCUT2D eigenvalue weighted by atomic mass is 16.5. The van der Waals surface area contributed by atoms with Crippen LogP contribution in [0.2, 0.25) is 0 Å². The molecule has 0 aliphatic carbocycles. The van der Waals surface area contributed by atoms with Gasteiger partial charge in [0.25, 0.3) is 0 Å². The van der Waals surface area contributed by atoms with E-state index in [0.717, 1.165) is 11.3 Å². The van der Waals surface area contributed by atoms with Crippen molar-refractivity contribution in [2.75, 3.05) is 7.05 Å². The number of aliphatic hydroxyl groups excluding tert-OH is 1. The average Bonchev–Trinajstić information content (AvgIpc) is 2.30. The quantitative estimate of drug-likeness (QED) is 0.767. The Kier molecular flexibility index (Phi) is 2.82. The molecule has 0 radical (unpaired) electrons. The monoisotopic (exact) mass is 232 g/mol. The molecule has 2 atom stereocenters. The van der Waals surface area contributed by atoms with Crippen LogP contribution in [0.1, 0.15) is 31.0 Å². The van der Waals surface area contributed by atoms with Crippen LogP contribution in [0.4, 0.5) is 0 Å². The minimum atomic E-state index is -0.658. The number of fused-ring (bicyclic) bond motifs is 1. The van der Waals surface area contributed by atoms with Gasteiger partial charge in [-0.2, -0.15) is 5.26 Å². The van der Waals surface area contributed by atoms with Crippen LogP contribution >= 0.6 is 0 Å². The van der Waals surface area contributed by atoms with Gasteiger partial charge in [0, 0.05) is 5.56 Å². The zero-order valence-corrected chi connectivity index (χ0v) is 10.2. The molecule has 1 aliphatic heterocycles. The summed E-state index contributed by atoms with van der Waals surface area (Å²) in [5.41, 5.74) is 0.757. The predicted molar refractivity (Wildman–Crippen MR) is 63.7 cm³/mol. The number of nitrogens with one attached hydrogen (secondary N) is 1. The largest absolute Gasteiger partial charge is 0.485 e. The summed E-state index contributed by atoms with van der Waals surface area (Å²) in [4.78, 5) is 0. The molecule has 17 heavy (non-hydrogen) atoms. The minimum absolute atomic E-state index is 0.220. The van der Waals surface area contributed by atoms with Gasteiger partial charge in [0.05, 0.1) is 17.7 Å². The van der Waals surface area contributed by atoms with E-state index in [0.29, 0.717) is 5.56 Å². The van der Waals surface area contributed by atoms with Gasteiger partial charge in [0.15, 0.2) is 0 Å². The first kappa shape index (κ1) is 11.9. The maximum Gasteiger partial charge on any atom is 0.131 e. The van der Waals surface area contributed by atoms with Crippen molar-refractivity contribution in [1.82, 2.24) is 5.32 Å². The number of aliphatic hydroxyl groups is 1. The fraction of sp³-hybridized carbons (Fsp3) is 0.462. The van der Waals surface area contributed by atoms with Gasteiger partial charge in [0.1, 0.15) is 17.5 Å². The summed E-state index contributed by atoms with van der Waals surface area (Å²) < 4.78 is 5.76. The van der Waals surface area contributed by atoms with Gasteiger partial charge in [-0.3, -0.25) is 0 Å². The van der Waals surface area contributed by atoms with E-state index in [1.807, 2.05) is 13.8 Å². The van der Waals surface area contributed by atoms with E-state index >= 15 is 0 Å². The molecule has 0 aromatic heterocycles. The fourth-order valence-corrected chi connectivity index (χ4v) is 2.18. The molecule has 0 unspecified atom stereocenters. The lowest BCUT2D eigenvalue weighted by Gasteiger charge is -2.42. The van der Waals surface area contributed by atoms with E-state index < -0.39 is 11.7 Å². The van der Waals surface area contributed by atoms with Crippen LogP contribution in [-0.4, -0.2) is 23.9 Å². The van der Waals surface area contributed by atoms with Gasteiger partial charge in [-0.15, -0.1) is 0 Å². The van der Waals surface area contributed by atoms with Gasteiger partial charge in [-0.1, -0.05) is 0 Å². The molecule has 0 fully saturated rings. The molecule has 0 spiro atoms. The van der Waals surface area contributed by atoms with E-state index in [2.05, 4.69) is 11.4 Å². The summed E-state index contributed by atoms with van der Waals surface area (Å²) in [7, 11) is 1.79. The first-order valence-corrected chi connectivity index (χ1v) is 5.58. The second kappa shape index (κ2) is 4.02. The Morgan fingerprint density at radius 2 is 2.18 bits per heavy atom. The molecule has 0 saturated heterocycles. The molecular weight excluding hydrogens is 216 g/mol. The minimum Gasteiger partial charge on any atom is -0.485 e. The SMILES string of the molecule is CN[C@H]1c2cc(C#N)ccc2OC(C)(C)[C@@H]1O. The van der Waals surface area contributed by atoms with Crippen LogP contribution in [0.5, 0.6) is 5.75 Å². The smallest absolute Gasteiger partial charge is 0.131 e.